The van der Waals surface area contributed by atoms with Gasteiger partial charge in [-0.1, -0.05) is 17.9 Å². The third-order valence-electron chi connectivity index (χ3n) is 6.55. The highest BCUT2D eigenvalue weighted by molar-refractivity contribution is 6.02. The van der Waals surface area contributed by atoms with Crippen LogP contribution >= 0.6 is 0 Å². The molecule has 2 heterocycles. The second-order valence-electron chi connectivity index (χ2n) is 10.6. The Kier molecular flexibility index (Phi) is 8.65. The maximum absolute atomic E-state index is 14.9. The van der Waals surface area contributed by atoms with E-state index in [1.54, 1.807) is 50.9 Å². The smallest absolute Gasteiger partial charge is 0.410 e. The van der Waals surface area contributed by atoms with Gasteiger partial charge in [0.1, 0.15) is 11.6 Å². The Bertz CT molecular complexity index is 1150. The topological polar surface area (TPSA) is 99.3 Å². The number of carbonyl (C=O) groups is 4. The van der Waals surface area contributed by atoms with Crippen LogP contribution in [0.3, 0.4) is 0 Å². The summed E-state index contributed by atoms with van der Waals surface area (Å²) in [4.78, 5) is 51.9. The number of carbonyl (C=O) groups excluding carboxylic acids is 4. The van der Waals surface area contributed by atoms with Crippen molar-refractivity contribution in [1.82, 2.24) is 10.2 Å². The van der Waals surface area contributed by atoms with Gasteiger partial charge in [0.2, 0.25) is 18.2 Å². The summed E-state index contributed by atoms with van der Waals surface area (Å²) >= 11 is 0. The van der Waals surface area contributed by atoms with Crippen molar-refractivity contribution in [2.45, 2.75) is 64.0 Å². The van der Waals surface area contributed by atoms with E-state index in [0.29, 0.717) is 29.8 Å². The van der Waals surface area contributed by atoms with Gasteiger partial charge in [-0.3, -0.25) is 19.7 Å². The van der Waals surface area contributed by atoms with Crippen molar-refractivity contribution in [3.05, 3.63) is 23.8 Å². The molecule has 1 aromatic rings. The highest BCUT2D eigenvalue weighted by atomic mass is 19.3. The minimum atomic E-state index is -3.14. The SMILES string of the molecule is CN(C=O)c1c(C#CCC2CCN(C(=O)OC(C)(C)C)CC2(F)F)cccc1N(C)C1CCC(=O)NC1=O. The van der Waals surface area contributed by atoms with Crippen LogP contribution in [-0.2, 0) is 19.1 Å². The minimum Gasteiger partial charge on any atom is -0.444 e. The fraction of sp³-hybridized carbons (Fsp3) is 0.556. The standard InChI is InChI=1S/C27H34F2N4O5/c1-26(2,3)38-25(37)33-15-14-19(27(28,29)16-33)10-6-8-18-9-7-11-20(23(18)31(4)17-34)32(5)21-12-13-22(35)30-24(21)36/h7,9,11,17,19,21H,10,12-16H2,1-5H3,(H,30,35,36). The number of halogens is 2. The number of imide groups is 1. The fourth-order valence-electron chi connectivity index (χ4n) is 4.55. The quantitative estimate of drug-likeness (QED) is 0.355. The molecule has 0 aromatic heterocycles. The Hall–Kier alpha value is -3.68. The zero-order valence-electron chi connectivity index (χ0n) is 22.3. The summed E-state index contributed by atoms with van der Waals surface area (Å²) in [6.45, 7) is 4.44. The number of amides is 4. The van der Waals surface area contributed by atoms with Crippen LogP contribution in [0.1, 0.15) is 52.0 Å². The number of benzene rings is 1. The van der Waals surface area contributed by atoms with E-state index < -0.39 is 42.0 Å². The molecule has 206 valence electrons. The molecule has 0 aliphatic carbocycles. The van der Waals surface area contributed by atoms with E-state index in [1.807, 2.05) is 0 Å². The van der Waals surface area contributed by atoms with E-state index in [2.05, 4.69) is 17.2 Å². The molecular weight excluding hydrogens is 498 g/mol. The van der Waals surface area contributed by atoms with Gasteiger partial charge in [0.05, 0.1) is 23.5 Å². The van der Waals surface area contributed by atoms with Gasteiger partial charge in [0.15, 0.2) is 0 Å². The summed E-state index contributed by atoms with van der Waals surface area (Å²) in [5, 5.41) is 2.32. The molecule has 1 aromatic carbocycles. The lowest BCUT2D eigenvalue weighted by Crippen LogP contribution is -2.51. The van der Waals surface area contributed by atoms with E-state index >= 15 is 0 Å². The van der Waals surface area contributed by atoms with Crippen LogP contribution in [-0.4, -0.2) is 74.0 Å². The molecule has 4 amide bonds. The van der Waals surface area contributed by atoms with Crippen LogP contribution < -0.4 is 15.1 Å². The van der Waals surface area contributed by atoms with Crippen LogP contribution in [0, 0.1) is 17.8 Å². The number of ether oxygens (including phenoxy) is 1. The second kappa shape index (κ2) is 11.4. The summed E-state index contributed by atoms with van der Waals surface area (Å²) in [6, 6.07) is 4.49. The van der Waals surface area contributed by atoms with Gasteiger partial charge in [-0.25, -0.2) is 13.6 Å². The number of nitrogens with zero attached hydrogens (tertiary/aromatic N) is 3. The van der Waals surface area contributed by atoms with E-state index in [0.717, 1.165) is 4.90 Å². The van der Waals surface area contributed by atoms with Gasteiger partial charge in [0.25, 0.3) is 5.92 Å². The van der Waals surface area contributed by atoms with Crippen molar-refractivity contribution in [3.8, 4) is 11.8 Å². The first-order chi connectivity index (χ1) is 17.7. The van der Waals surface area contributed by atoms with Crippen molar-refractivity contribution in [2.24, 2.45) is 5.92 Å². The highest BCUT2D eigenvalue weighted by Gasteiger charge is 2.46. The Morgan fingerprint density at radius 2 is 1.97 bits per heavy atom. The molecule has 2 aliphatic rings. The zero-order valence-corrected chi connectivity index (χ0v) is 22.3. The first kappa shape index (κ1) is 28.9. The molecule has 1 N–H and O–H groups in total. The highest BCUT2D eigenvalue weighted by Crippen LogP contribution is 2.36. The molecule has 2 saturated heterocycles. The number of hydrogen-bond acceptors (Lipinski definition) is 6. The van der Waals surface area contributed by atoms with Crippen molar-refractivity contribution < 1.29 is 32.7 Å². The largest absolute Gasteiger partial charge is 0.444 e. The number of piperidine rings is 2. The number of alkyl halides is 2. The van der Waals surface area contributed by atoms with Gasteiger partial charge in [-0.15, -0.1) is 0 Å². The lowest BCUT2D eigenvalue weighted by molar-refractivity contribution is -0.134. The number of rotatable bonds is 5. The number of para-hydroxylation sites is 1. The molecule has 0 radical (unpaired) electrons. The van der Waals surface area contributed by atoms with E-state index in [1.165, 1.54) is 11.9 Å². The van der Waals surface area contributed by atoms with E-state index in [4.69, 9.17) is 4.74 Å². The fourth-order valence-corrected chi connectivity index (χ4v) is 4.55. The zero-order chi connectivity index (χ0) is 28.3. The average Bonchev–Trinajstić information content (AvgIpc) is 2.82. The molecule has 9 nitrogen and oxygen atoms in total. The average molecular weight is 533 g/mol. The van der Waals surface area contributed by atoms with Crippen LogP contribution in [0.4, 0.5) is 25.0 Å². The number of hydrogen-bond donors (Lipinski definition) is 1. The Balaban J connectivity index is 1.79. The third-order valence-corrected chi connectivity index (χ3v) is 6.55. The third kappa shape index (κ3) is 6.79. The van der Waals surface area contributed by atoms with E-state index in [-0.39, 0.29) is 31.7 Å². The predicted octanol–water partition coefficient (Wildman–Crippen LogP) is 3.15. The molecular formula is C27H34F2N4O5. The molecule has 2 atom stereocenters. The Morgan fingerprint density at radius 3 is 2.58 bits per heavy atom. The lowest BCUT2D eigenvalue weighted by atomic mass is 9.90. The molecule has 2 fully saturated rings. The first-order valence-corrected chi connectivity index (χ1v) is 12.5. The second-order valence-corrected chi connectivity index (χ2v) is 10.6. The number of anilines is 2. The van der Waals surface area contributed by atoms with Crippen molar-refractivity contribution in [1.29, 1.82) is 0 Å². The number of likely N-dealkylation sites (tertiary alicyclic amines) is 1. The number of likely N-dealkylation sites (N-methyl/N-ethyl adjacent to an activating group) is 1. The normalized spacial score (nSPS) is 21.1. The monoisotopic (exact) mass is 532 g/mol. The molecule has 0 spiro atoms. The van der Waals surface area contributed by atoms with Crippen LogP contribution in [0.15, 0.2) is 18.2 Å². The summed E-state index contributed by atoms with van der Waals surface area (Å²) < 4.78 is 35.0. The van der Waals surface area contributed by atoms with Crippen LogP contribution in [0.2, 0.25) is 0 Å². The number of nitrogens with one attached hydrogen (secondary N) is 1. The lowest BCUT2D eigenvalue weighted by Gasteiger charge is -2.38. The van der Waals surface area contributed by atoms with Crippen molar-refractivity contribution >= 4 is 35.7 Å². The molecule has 3 rings (SSSR count). The van der Waals surface area contributed by atoms with Gasteiger partial charge in [0, 0.05) is 39.4 Å². The van der Waals surface area contributed by atoms with Gasteiger partial charge in [-0.2, -0.15) is 0 Å². The molecule has 0 bridgehead atoms. The maximum atomic E-state index is 14.9. The van der Waals surface area contributed by atoms with Gasteiger partial charge in [-0.05, 0) is 45.7 Å². The summed E-state index contributed by atoms with van der Waals surface area (Å²) in [5.74, 6) is 0.813. The van der Waals surface area contributed by atoms with Crippen LogP contribution in [0.5, 0.6) is 0 Å². The molecule has 2 unspecified atom stereocenters. The minimum absolute atomic E-state index is 0.0698. The first-order valence-electron chi connectivity index (χ1n) is 12.5. The van der Waals surface area contributed by atoms with E-state index in [9.17, 15) is 28.0 Å². The van der Waals surface area contributed by atoms with Gasteiger partial charge < -0.3 is 19.4 Å². The molecule has 0 saturated carbocycles. The summed E-state index contributed by atoms with van der Waals surface area (Å²) in [5.41, 5.74) is 0.624. The van der Waals surface area contributed by atoms with Crippen molar-refractivity contribution in [2.75, 3.05) is 37.0 Å². The molecule has 38 heavy (non-hydrogen) atoms. The summed E-state index contributed by atoms with van der Waals surface area (Å²) in [6.07, 6.45) is 0.314. The summed E-state index contributed by atoms with van der Waals surface area (Å²) in [7, 11) is 3.23. The molecule has 2 aliphatic heterocycles. The Labute approximate surface area is 221 Å². The Morgan fingerprint density at radius 1 is 1.26 bits per heavy atom. The van der Waals surface area contributed by atoms with Crippen LogP contribution in [0.25, 0.3) is 0 Å². The maximum Gasteiger partial charge on any atom is 0.410 e. The molecule has 11 heteroatoms. The predicted molar refractivity (Wildman–Crippen MR) is 138 cm³/mol. The van der Waals surface area contributed by atoms with Gasteiger partial charge >= 0.3 is 6.09 Å². The van der Waals surface area contributed by atoms with Crippen molar-refractivity contribution in [3.63, 3.8) is 0 Å².